The Kier molecular flexibility index (Phi) is 4.97. The van der Waals surface area contributed by atoms with Gasteiger partial charge in [-0.2, -0.15) is 0 Å². The molecule has 1 aromatic rings. The number of ether oxygens (including phenoxy) is 2. The maximum absolute atomic E-state index is 12.7. The SMILES string of the molecule is CC(NC(=O)c1ccc2c(c1)C(=O)N(CC1CCCO1)C2=O)C1CCCO1. The number of amides is 3. The van der Waals surface area contributed by atoms with Crippen LogP contribution >= 0.6 is 0 Å². The summed E-state index contributed by atoms with van der Waals surface area (Å²) in [6, 6.07) is 4.57. The zero-order valence-electron chi connectivity index (χ0n) is 15.4. The van der Waals surface area contributed by atoms with Gasteiger partial charge in [-0.25, -0.2) is 0 Å². The van der Waals surface area contributed by atoms with Crippen molar-refractivity contribution in [1.29, 1.82) is 0 Å². The first-order chi connectivity index (χ1) is 13.0. The number of carbonyl (C=O) groups is 3. The molecule has 7 nitrogen and oxygen atoms in total. The minimum absolute atomic E-state index is 0.0218. The molecule has 2 saturated heterocycles. The second-order valence-electron chi connectivity index (χ2n) is 7.43. The van der Waals surface area contributed by atoms with E-state index in [-0.39, 0.29) is 48.1 Å². The highest BCUT2D eigenvalue weighted by molar-refractivity contribution is 6.22. The van der Waals surface area contributed by atoms with E-state index in [2.05, 4.69) is 5.32 Å². The van der Waals surface area contributed by atoms with Gasteiger partial charge in [-0.3, -0.25) is 19.3 Å². The molecule has 3 amide bonds. The molecule has 0 aromatic heterocycles. The van der Waals surface area contributed by atoms with Crippen molar-refractivity contribution in [1.82, 2.24) is 10.2 Å². The van der Waals surface area contributed by atoms with E-state index in [4.69, 9.17) is 9.47 Å². The fourth-order valence-corrected chi connectivity index (χ4v) is 3.97. The van der Waals surface area contributed by atoms with E-state index in [0.29, 0.717) is 17.7 Å². The second-order valence-corrected chi connectivity index (χ2v) is 7.43. The minimum atomic E-state index is -0.354. The largest absolute Gasteiger partial charge is 0.376 e. The first-order valence-corrected chi connectivity index (χ1v) is 9.59. The molecule has 0 spiro atoms. The molecule has 0 bridgehead atoms. The summed E-state index contributed by atoms with van der Waals surface area (Å²) >= 11 is 0. The van der Waals surface area contributed by atoms with E-state index in [0.717, 1.165) is 32.3 Å². The van der Waals surface area contributed by atoms with Gasteiger partial charge in [0.15, 0.2) is 0 Å². The number of benzene rings is 1. The van der Waals surface area contributed by atoms with Crippen LogP contribution < -0.4 is 5.32 Å². The highest BCUT2D eigenvalue weighted by Gasteiger charge is 2.38. The first kappa shape index (κ1) is 18.1. The lowest BCUT2D eigenvalue weighted by Gasteiger charge is -2.20. The van der Waals surface area contributed by atoms with Crippen molar-refractivity contribution >= 4 is 17.7 Å². The van der Waals surface area contributed by atoms with Crippen LogP contribution in [-0.4, -0.2) is 60.6 Å². The Labute approximate surface area is 158 Å². The smallest absolute Gasteiger partial charge is 0.261 e. The van der Waals surface area contributed by atoms with E-state index >= 15 is 0 Å². The average molecular weight is 372 g/mol. The topological polar surface area (TPSA) is 84.9 Å². The molecule has 3 heterocycles. The molecule has 4 rings (SSSR count). The van der Waals surface area contributed by atoms with Crippen LogP contribution in [0.1, 0.15) is 63.7 Å². The Morgan fingerprint density at radius 1 is 1.15 bits per heavy atom. The Morgan fingerprint density at radius 3 is 2.59 bits per heavy atom. The van der Waals surface area contributed by atoms with Crippen LogP contribution in [0.4, 0.5) is 0 Å². The quantitative estimate of drug-likeness (QED) is 0.796. The third-order valence-corrected chi connectivity index (χ3v) is 5.52. The molecule has 0 radical (unpaired) electrons. The third-order valence-electron chi connectivity index (χ3n) is 5.52. The van der Waals surface area contributed by atoms with Crippen LogP contribution in [0.15, 0.2) is 18.2 Å². The lowest BCUT2D eigenvalue weighted by atomic mass is 10.0. The lowest BCUT2D eigenvalue weighted by Crippen LogP contribution is -2.40. The Hall–Kier alpha value is -2.25. The summed E-state index contributed by atoms with van der Waals surface area (Å²) in [4.78, 5) is 39.1. The number of fused-ring (bicyclic) bond motifs is 1. The van der Waals surface area contributed by atoms with Crippen LogP contribution in [0.3, 0.4) is 0 Å². The molecule has 0 saturated carbocycles. The maximum atomic E-state index is 12.7. The fraction of sp³-hybridized carbons (Fsp3) is 0.550. The molecule has 27 heavy (non-hydrogen) atoms. The maximum Gasteiger partial charge on any atom is 0.261 e. The normalized spacial score (nSPS) is 25.7. The number of nitrogens with one attached hydrogen (secondary N) is 1. The number of rotatable bonds is 5. The molecule has 1 N–H and O–H groups in total. The first-order valence-electron chi connectivity index (χ1n) is 9.59. The number of hydrogen-bond acceptors (Lipinski definition) is 5. The number of imide groups is 1. The zero-order chi connectivity index (χ0) is 19.0. The van der Waals surface area contributed by atoms with Gasteiger partial charge in [0.1, 0.15) is 0 Å². The van der Waals surface area contributed by atoms with Gasteiger partial charge in [-0.05, 0) is 50.8 Å². The predicted molar refractivity (Wildman–Crippen MR) is 96.7 cm³/mol. The highest BCUT2D eigenvalue weighted by atomic mass is 16.5. The molecule has 144 valence electrons. The molecule has 3 aliphatic rings. The molecule has 3 aliphatic heterocycles. The summed E-state index contributed by atoms with van der Waals surface area (Å²) in [5.41, 5.74) is 1.01. The fourth-order valence-electron chi connectivity index (χ4n) is 3.97. The van der Waals surface area contributed by atoms with Crippen LogP contribution in [0.25, 0.3) is 0 Å². The molecule has 3 unspecified atom stereocenters. The van der Waals surface area contributed by atoms with Crippen LogP contribution in [0.5, 0.6) is 0 Å². The van der Waals surface area contributed by atoms with E-state index < -0.39 is 0 Å². The van der Waals surface area contributed by atoms with Gasteiger partial charge in [0, 0.05) is 18.8 Å². The van der Waals surface area contributed by atoms with Gasteiger partial charge in [-0.15, -0.1) is 0 Å². The number of nitrogens with zero attached hydrogens (tertiary/aromatic N) is 1. The molecular formula is C20H24N2O5. The predicted octanol–water partition coefficient (Wildman–Crippen LogP) is 1.76. The standard InChI is InChI=1S/C20H24N2O5/c1-12(17-5-3-9-27-17)21-18(23)13-6-7-15-16(10-13)20(25)22(19(15)24)11-14-4-2-8-26-14/h6-7,10,12,14,17H,2-5,8-9,11H2,1H3,(H,21,23). The second kappa shape index (κ2) is 7.40. The summed E-state index contributed by atoms with van der Waals surface area (Å²) in [7, 11) is 0. The molecule has 1 aromatic carbocycles. The average Bonchev–Trinajstić information content (AvgIpc) is 3.41. The van der Waals surface area contributed by atoms with Crippen molar-refractivity contribution in [3.63, 3.8) is 0 Å². The third kappa shape index (κ3) is 3.49. The Bertz CT molecular complexity index is 766. The van der Waals surface area contributed by atoms with Gasteiger partial charge in [0.05, 0.1) is 35.9 Å². The zero-order valence-corrected chi connectivity index (χ0v) is 15.4. The summed E-state index contributed by atoms with van der Waals surface area (Å²) in [5.74, 6) is -0.934. The van der Waals surface area contributed by atoms with Gasteiger partial charge in [-0.1, -0.05) is 0 Å². The van der Waals surface area contributed by atoms with Crippen LogP contribution in [-0.2, 0) is 9.47 Å². The molecule has 2 fully saturated rings. The van der Waals surface area contributed by atoms with Gasteiger partial charge in [0.2, 0.25) is 0 Å². The molecule has 0 aliphatic carbocycles. The molecular weight excluding hydrogens is 348 g/mol. The van der Waals surface area contributed by atoms with E-state index in [9.17, 15) is 14.4 Å². The lowest BCUT2D eigenvalue weighted by molar-refractivity contribution is 0.0475. The summed E-state index contributed by atoms with van der Waals surface area (Å²) in [6.45, 7) is 3.57. The van der Waals surface area contributed by atoms with E-state index in [1.165, 1.54) is 11.0 Å². The highest BCUT2D eigenvalue weighted by Crippen LogP contribution is 2.26. The summed E-state index contributed by atoms with van der Waals surface area (Å²) in [6.07, 6.45) is 3.65. The summed E-state index contributed by atoms with van der Waals surface area (Å²) < 4.78 is 11.1. The van der Waals surface area contributed by atoms with Crippen molar-refractivity contribution in [2.75, 3.05) is 19.8 Å². The van der Waals surface area contributed by atoms with Crippen molar-refractivity contribution in [2.45, 2.75) is 50.9 Å². The summed E-state index contributed by atoms with van der Waals surface area (Å²) in [5, 5.41) is 2.93. The minimum Gasteiger partial charge on any atom is -0.376 e. The van der Waals surface area contributed by atoms with Gasteiger partial charge >= 0.3 is 0 Å². The van der Waals surface area contributed by atoms with Crippen molar-refractivity contribution in [2.24, 2.45) is 0 Å². The Morgan fingerprint density at radius 2 is 1.89 bits per heavy atom. The molecule has 7 heteroatoms. The molecule has 3 atom stereocenters. The van der Waals surface area contributed by atoms with Gasteiger partial charge < -0.3 is 14.8 Å². The van der Waals surface area contributed by atoms with Crippen molar-refractivity contribution < 1.29 is 23.9 Å². The van der Waals surface area contributed by atoms with Crippen molar-refractivity contribution in [3.8, 4) is 0 Å². The number of hydrogen-bond donors (Lipinski definition) is 1. The van der Waals surface area contributed by atoms with Crippen molar-refractivity contribution in [3.05, 3.63) is 34.9 Å². The van der Waals surface area contributed by atoms with Crippen LogP contribution in [0, 0.1) is 0 Å². The van der Waals surface area contributed by atoms with E-state index in [1.54, 1.807) is 12.1 Å². The van der Waals surface area contributed by atoms with E-state index in [1.807, 2.05) is 6.92 Å². The van der Waals surface area contributed by atoms with Crippen LogP contribution in [0.2, 0.25) is 0 Å². The van der Waals surface area contributed by atoms with Gasteiger partial charge in [0.25, 0.3) is 17.7 Å². The Balaban J connectivity index is 1.47. The number of carbonyl (C=O) groups excluding carboxylic acids is 3. The monoisotopic (exact) mass is 372 g/mol.